The van der Waals surface area contributed by atoms with Crippen molar-refractivity contribution in [1.29, 1.82) is 0 Å². The second-order valence-corrected chi connectivity index (χ2v) is 11.7. The number of carbonyl (C=O) groups is 1. The average molecular weight is 555 g/mol. The standard InChI is InChI=1S/C35H39ClN2O2/c1-5-19-38-25(4)32(35(39)40)33(34(38)26-11-13-29(36)14-12-26)28-8-6-7-27(22-28)31-18-21-37(20-17-24(31)3)30-15-9-23(2)10-16-30/h6-16,22,24,31H,5,17-21H2,1-4H3,(H,39,40)/t24-,31?/m1/s1. The molecule has 0 saturated carbocycles. The van der Waals surface area contributed by atoms with Crippen LogP contribution in [0.1, 0.15) is 66.2 Å². The predicted octanol–water partition coefficient (Wildman–Crippen LogP) is 9.22. The zero-order chi connectivity index (χ0) is 28.4. The Morgan fingerprint density at radius 3 is 2.33 bits per heavy atom. The van der Waals surface area contributed by atoms with Crippen molar-refractivity contribution < 1.29 is 9.90 Å². The largest absolute Gasteiger partial charge is 0.478 e. The molecule has 5 heteroatoms. The van der Waals surface area contributed by atoms with Gasteiger partial charge >= 0.3 is 5.97 Å². The fraction of sp³-hybridized carbons (Fsp3) is 0.343. The molecule has 0 amide bonds. The number of aromatic nitrogens is 1. The second-order valence-electron chi connectivity index (χ2n) is 11.3. The summed E-state index contributed by atoms with van der Waals surface area (Å²) in [6, 6.07) is 25.2. The minimum absolute atomic E-state index is 0.384. The normalized spacial score (nSPS) is 17.6. The summed E-state index contributed by atoms with van der Waals surface area (Å²) in [6.45, 7) is 11.3. The molecule has 1 unspecified atom stereocenters. The van der Waals surface area contributed by atoms with Crippen molar-refractivity contribution in [3.63, 3.8) is 0 Å². The number of halogens is 1. The van der Waals surface area contributed by atoms with Crippen LogP contribution in [-0.2, 0) is 6.54 Å². The lowest BCUT2D eigenvalue weighted by Gasteiger charge is -2.23. The third-order valence-electron chi connectivity index (χ3n) is 8.56. The lowest BCUT2D eigenvalue weighted by atomic mass is 9.82. The van der Waals surface area contributed by atoms with E-state index < -0.39 is 5.97 Å². The lowest BCUT2D eigenvalue weighted by Crippen LogP contribution is -2.24. The molecule has 1 aliphatic heterocycles. The molecule has 40 heavy (non-hydrogen) atoms. The van der Waals surface area contributed by atoms with Crippen LogP contribution in [0.25, 0.3) is 22.4 Å². The molecule has 4 aromatic rings. The maximum atomic E-state index is 12.7. The quantitative estimate of drug-likeness (QED) is 0.247. The van der Waals surface area contributed by atoms with Crippen LogP contribution >= 0.6 is 11.6 Å². The van der Waals surface area contributed by atoms with E-state index in [0.717, 1.165) is 67.0 Å². The van der Waals surface area contributed by atoms with Gasteiger partial charge in [0.1, 0.15) is 0 Å². The second kappa shape index (κ2) is 11.9. The van der Waals surface area contributed by atoms with E-state index in [1.165, 1.54) is 16.8 Å². The fourth-order valence-corrected chi connectivity index (χ4v) is 6.50. The molecule has 1 saturated heterocycles. The molecule has 0 spiro atoms. The summed E-state index contributed by atoms with van der Waals surface area (Å²) in [7, 11) is 0. The van der Waals surface area contributed by atoms with Gasteiger partial charge in [-0.1, -0.05) is 79.5 Å². The summed E-state index contributed by atoms with van der Waals surface area (Å²) in [5.41, 5.74) is 8.72. The first-order valence-corrected chi connectivity index (χ1v) is 14.8. The molecule has 0 radical (unpaired) electrons. The fourth-order valence-electron chi connectivity index (χ4n) is 6.38. The van der Waals surface area contributed by atoms with Gasteiger partial charge in [-0.3, -0.25) is 0 Å². The van der Waals surface area contributed by atoms with Crippen molar-refractivity contribution in [3.8, 4) is 22.4 Å². The number of carboxylic acid groups (broad SMARTS) is 1. The van der Waals surface area contributed by atoms with Crippen LogP contribution in [0.3, 0.4) is 0 Å². The van der Waals surface area contributed by atoms with E-state index in [1.54, 1.807) is 0 Å². The molecule has 1 N–H and O–H groups in total. The number of anilines is 1. The van der Waals surface area contributed by atoms with Crippen molar-refractivity contribution in [3.05, 3.63) is 100 Å². The van der Waals surface area contributed by atoms with Crippen LogP contribution in [-0.4, -0.2) is 28.7 Å². The van der Waals surface area contributed by atoms with Gasteiger partial charge < -0.3 is 14.6 Å². The van der Waals surface area contributed by atoms with Crippen LogP contribution in [0.4, 0.5) is 5.69 Å². The van der Waals surface area contributed by atoms with Crippen molar-refractivity contribution in [2.45, 2.75) is 59.4 Å². The Bertz CT molecular complexity index is 1490. The van der Waals surface area contributed by atoms with Crippen LogP contribution in [0.5, 0.6) is 0 Å². The molecule has 208 valence electrons. The number of hydrogen-bond acceptors (Lipinski definition) is 2. The molecule has 2 atom stereocenters. The van der Waals surface area contributed by atoms with Crippen LogP contribution < -0.4 is 4.90 Å². The third-order valence-corrected chi connectivity index (χ3v) is 8.81. The molecule has 5 rings (SSSR count). The first kappa shape index (κ1) is 28.0. The average Bonchev–Trinajstić information content (AvgIpc) is 3.09. The number of hydrogen-bond donors (Lipinski definition) is 1. The van der Waals surface area contributed by atoms with E-state index >= 15 is 0 Å². The van der Waals surface area contributed by atoms with Crippen molar-refractivity contribution in [1.82, 2.24) is 4.57 Å². The van der Waals surface area contributed by atoms with E-state index in [0.29, 0.717) is 22.4 Å². The first-order chi connectivity index (χ1) is 19.3. The SMILES string of the molecule is CCCn1c(C)c(C(=O)O)c(-c2cccc(C3CCN(c4ccc(C)cc4)CC[C@H]3C)c2)c1-c1ccc(Cl)cc1. The van der Waals surface area contributed by atoms with Gasteiger partial charge in [0, 0.05) is 41.6 Å². The van der Waals surface area contributed by atoms with Gasteiger partial charge in [-0.15, -0.1) is 0 Å². The number of benzene rings is 3. The van der Waals surface area contributed by atoms with Crippen molar-refractivity contribution in [2.24, 2.45) is 5.92 Å². The highest BCUT2D eigenvalue weighted by Crippen LogP contribution is 2.42. The summed E-state index contributed by atoms with van der Waals surface area (Å²) in [5.74, 6) is 0.0350. The first-order valence-electron chi connectivity index (χ1n) is 14.4. The predicted molar refractivity (Wildman–Crippen MR) is 167 cm³/mol. The molecule has 3 aromatic carbocycles. The topological polar surface area (TPSA) is 45.5 Å². The molecule has 4 nitrogen and oxygen atoms in total. The number of aromatic carboxylic acids is 1. The van der Waals surface area contributed by atoms with Gasteiger partial charge in [-0.25, -0.2) is 4.79 Å². The summed E-state index contributed by atoms with van der Waals surface area (Å²) in [5, 5.41) is 11.1. The highest BCUT2D eigenvalue weighted by molar-refractivity contribution is 6.30. The van der Waals surface area contributed by atoms with Crippen LogP contribution in [0.15, 0.2) is 72.8 Å². The number of rotatable bonds is 7. The number of nitrogens with zero attached hydrogens (tertiary/aromatic N) is 2. The van der Waals surface area contributed by atoms with Gasteiger partial charge in [0.05, 0.1) is 11.3 Å². The number of aryl methyl sites for hydroxylation is 1. The molecule has 1 aromatic heterocycles. The molecule has 2 heterocycles. The maximum Gasteiger partial charge on any atom is 0.338 e. The third kappa shape index (κ3) is 5.55. The Labute approximate surface area is 243 Å². The van der Waals surface area contributed by atoms with Crippen molar-refractivity contribution >= 4 is 23.3 Å². The van der Waals surface area contributed by atoms with E-state index in [1.807, 2.05) is 31.2 Å². The summed E-state index contributed by atoms with van der Waals surface area (Å²) >= 11 is 6.23. The maximum absolute atomic E-state index is 12.7. The minimum Gasteiger partial charge on any atom is -0.478 e. The molecular formula is C35H39ClN2O2. The molecule has 1 fully saturated rings. The van der Waals surface area contributed by atoms with Crippen molar-refractivity contribution in [2.75, 3.05) is 18.0 Å². The Morgan fingerprint density at radius 2 is 1.65 bits per heavy atom. The molecule has 1 aliphatic rings. The Kier molecular flexibility index (Phi) is 8.37. The van der Waals surface area contributed by atoms with E-state index in [9.17, 15) is 9.90 Å². The highest BCUT2D eigenvalue weighted by atomic mass is 35.5. The number of carboxylic acids is 1. The van der Waals surface area contributed by atoms with Gasteiger partial charge in [0.2, 0.25) is 0 Å². The molecular weight excluding hydrogens is 516 g/mol. The Morgan fingerprint density at radius 1 is 0.950 bits per heavy atom. The molecule has 0 bridgehead atoms. The van der Waals surface area contributed by atoms with Crippen LogP contribution in [0.2, 0.25) is 5.02 Å². The van der Waals surface area contributed by atoms with Gasteiger partial charge in [-0.05, 0) is 85.9 Å². The van der Waals surface area contributed by atoms with Gasteiger partial charge in [0.15, 0.2) is 0 Å². The zero-order valence-corrected chi connectivity index (χ0v) is 24.7. The van der Waals surface area contributed by atoms with E-state index in [2.05, 4.69) is 78.8 Å². The smallest absolute Gasteiger partial charge is 0.338 e. The summed E-state index contributed by atoms with van der Waals surface area (Å²) < 4.78 is 2.17. The Balaban J connectivity index is 1.57. The highest BCUT2D eigenvalue weighted by Gasteiger charge is 2.29. The molecule has 0 aliphatic carbocycles. The van der Waals surface area contributed by atoms with E-state index in [-0.39, 0.29) is 0 Å². The lowest BCUT2D eigenvalue weighted by molar-refractivity contribution is 0.0696. The van der Waals surface area contributed by atoms with E-state index in [4.69, 9.17) is 11.6 Å². The van der Waals surface area contributed by atoms with Gasteiger partial charge in [0.25, 0.3) is 0 Å². The van der Waals surface area contributed by atoms with Crippen LogP contribution in [0, 0.1) is 19.8 Å². The van der Waals surface area contributed by atoms with Gasteiger partial charge in [-0.2, -0.15) is 0 Å². The summed E-state index contributed by atoms with van der Waals surface area (Å²) in [6.07, 6.45) is 3.08. The summed E-state index contributed by atoms with van der Waals surface area (Å²) in [4.78, 5) is 15.2. The minimum atomic E-state index is -0.889. The monoisotopic (exact) mass is 554 g/mol. The zero-order valence-electron chi connectivity index (χ0n) is 24.0. The Hall–Kier alpha value is -3.50.